The molecule has 0 unspecified atom stereocenters. The second kappa shape index (κ2) is 6.25. The quantitative estimate of drug-likeness (QED) is 0.880. The number of piperidine rings is 1. The van der Waals surface area contributed by atoms with Gasteiger partial charge in [-0.1, -0.05) is 11.6 Å². The molecule has 1 aromatic heterocycles. The monoisotopic (exact) mass is 269 g/mol. The van der Waals surface area contributed by atoms with Gasteiger partial charge in [-0.3, -0.25) is 4.79 Å². The Morgan fingerprint density at radius 1 is 1.50 bits per heavy atom. The average molecular weight is 270 g/mol. The number of aromatic nitrogens is 1. The van der Waals surface area contributed by atoms with Crippen LogP contribution in [0.25, 0.3) is 0 Å². The van der Waals surface area contributed by atoms with Gasteiger partial charge in [0.15, 0.2) is 0 Å². The molecule has 1 saturated heterocycles. The number of rotatable bonds is 4. The van der Waals surface area contributed by atoms with Crippen molar-refractivity contribution in [3.8, 4) is 0 Å². The zero-order valence-corrected chi connectivity index (χ0v) is 11.5. The standard InChI is InChI=1S/C13H20ClN3O/c1-2-17(9-10-3-5-15-6-4-10)13(18)12-7-11(14)8-16-12/h7-8,10,15-16H,2-6,9H2,1H3. The molecule has 100 valence electrons. The minimum absolute atomic E-state index is 0.0444. The third-order valence-corrected chi connectivity index (χ3v) is 3.70. The topological polar surface area (TPSA) is 48.1 Å². The fraction of sp³-hybridized carbons (Fsp3) is 0.615. The summed E-state index contributed by atoms with van der Waals surface area (Å²) < 4.78 is 0. The van der Waals surface area contributed by atoms with Gasteiger partial charge in [-0.2, -0.15) is 0 Å². The Labute approximate surface area is 113 Å². The Kier molecular flexibility index (Phi) is 4.66. The zero-order valence-electron chi connectivity index (χ0n) is 10.7. The van der Waals surface area contributed by atoms with Crippen molar-refractivity contribution >= 4 is 17.5 Å². The number of hydrogen-bond acceptors (Lipinski definition) is 2. The van der Waals surface area contributed by atoms with Crippen molar-refractivity contribution in [1.82, 2.24) is 15.2 Å². The van der Waals surface area contributed by atoms with Crippen molar-refractivity contribution in [2.45, 2.75) is 19.8 Å². The number of carbonyl (C=O) groups excluding carboxylic acids is 1. The SMILES string of the molecule is CCN(CC1CCNCC1)C(=O)c1cc(Cl)c[nH]1. The van der Waals surface area contributed by atoms with Gasteiger partial charge >= 0.3 is 0 Å². The highest BCUT2D eigenvalue weighted by molar-refractivity contribution is 6.30. The van der Waals surface area contributed by atoms with Gasteiger partial charge in [0.25, 0.3) is 5.91 Å². The first-order valence-corrected chi connectivity index (χ1v) is 6.92. The maximum absolute atomic E-state index is 12.3. The molecule has 4 nitrogen and oxygen atoms in total. The summed E-state index contributed by atoms with van der Waals surface area (Å²) >= 11 is 5.83. The number of nitrogens with one attached hydrogen (secondary N) is 2. The molecule has 0 radical (unpaired) electrons. The summed E-state index contributed by atoms with van der Waals surface area (Å²) in [4.78, 5) is 17.1. The van der Waals surface area contributed by atoms with Crippen LogP contribution in [-0.4, -0.2) is 42.0 Å². The van der Waals surface area contributed by atoms with Gasteiger partial charge in [-0.25, -0.2) is 0 Å². The maximum Gasteiger partial charge on any atom is 0.270 e. The highest BCUT2D eigenvalue weighted by atomic mass is 35.5. The van der Waals surface area contributed by atoms with E-state index >= 15 is 0 Å². The van der Waals surface area contributed by atoms with Crippen LogP contribution < -0.4 is 5.32 Å². The molecule has 0 spiro atoms. The number of amides is 1. The van der Waals surface area contributed by atoms with Crippen LogP contribution >= 0.6 is 11.6 Å². The second-order valence-electron chi connectivity index (χ2n) is 4.77. The molecule has 2 rings (SSSR count). The summed E-state index contributed by atoms with van der Waals surface area (Å²) in [5, 5.41) is 3.92. The van der Waals surface area contributed by atoms with Crippen LogP contribution in [0.15, 0.2) is 12.3 Å². The third kappa shape index (κ3) is 3.27. The summed E-state index contributed by atoms with van der Waals surface area (Å²) in [5.74, 6) is 0.656. The van der Waals surface area contributed by atoms with Gasteiger partial charge in [0.05, 0.1) is 5.02 Å². The molecule has 5 heteroatoms. The second-order valence-corrected chi connectivity index (χ2v) is 5.21. The van der Waals surface area contributed by atoms with Gasteiger partial charge < -0.3 is 15.2 Å². The van der Waals surface area contributed by atoms with Crippen molar-refractivity contribution in [3.63, 3.8) is 0 Å². The van der Waals surface area contributed by atoms with Crippen molar-refractivity contribution in [3.05, 3.63) is 23.0 Å². The molecule has 0 atom stereocenters. The predicted molar refractivity (Wildman–Crippen MR) is 73.0 cm³/mol. The maximum atomic E-state index is 12.3. The van der Waals surface area contributed by atoms with E-state index in [0.717, 1.165) is 39.0 Å². The Hall–Kier alpha value is -1.00. The number of halogens is 1. The molecule has 2 heterocycles. The molecule has 1 aromatic rings. The van der Waals surface area contributed by atoms with E-state index in [4.69, 9.17) is 11.6 Å². The summed E-state index contributed by atoms with van der Waals surface area (Å²) in [6.07, 6.45) is 3.94. The molecule has 0 bridgehead atoms. The first kappa shape index (κ1) is 13.4. The van der Waals surface area contributed by atoms with E-state index < -0.39 is 0 Å². The average Bonchev–Trinajstić information content (AvgIpc) is 2.83. The molecule has 2 N–H and O–H groups in total. The van der Waals surface area contributed by atoms with Crippen molar-refractivity contribution < 1.29 is 4.79 Å². The third-order valence-electron chi connectivity index (χ3n) is 3.48. The van der Waals surface area contributed by atoms with Crippen LogP contribution in [0.4, 0.5) is 0 Å². The summed E-state index contributed by atoms with van der Waals surface area (Å²) in [6, 6.07) is 1.69. The van der Waals surface area contributed by atoms with Crippen molar-refractivity contribution in [2.75, 3.05) is 26.2 Å². The Morgan fingerprint density at radius 2 is 2.22 bits per heavy atom. The number of hydrogen-bond donors (Lipinski definition) is 2. The van der Waals surface area contributed by atoms with E-state index in [1.54, 1.807) is 12.3 Å². The number of nitrogens with zero attached hydrogens (tertiary/aromatic N) is 1. The van der Waals surface area contributed by atoms with E-state index in [0.29, 0.717) is 16.6 Å². The van der Waals surface area contributed by atoms with E-state index in [1.165, 1.54) is 0 Å². The molecular formula is C13H20ClN3O. The van der Waals surface area contributed by atoms with Gasteiger partial charge in [-0.15, -0.1) is 0 Å². The number of H-pyrrole nitrogens is 1. The van der Waals surface area contributed by atoms with Gasteiger partial charge in [-0.05, 0) is 44.8 Å². The molecule has 1 amide bonds. The van der Waals surface area contributed by atoms with E-state index in [2.05, 4.69) is 10.3 Å². The first-order valence-electron chi connectivity index (χ1n) is 6.54. The van der Waals surface area contributed by atoms with E-state index in [-0.39, 0.29) is 5.91 Å². The largest absolute Gasteiger partial charge is 0.356 e. The summed E-state index contributed by atoms with van der Waals surface area (Å²) in [5.41, 5.74) is 0.579. The van der Waals surface area contributed by atoms with Crippen LogP contribution in [0.2, 0.25) is 5.02 Å². The van der Waals surface area contributed by atoms with Crippen LogP contribution in [0.5, 0.6) is 0 Å². The zero-order chi connectivity index (χ0) is 13.0. The molecule has 18 heavy (non-hydrogen) atoms. The summed E-state index contributed by atoms with van der Waals surface area (Å²) in [6.45, 7) is 5.71. The lowest BCUT2D eigenvalue weighted by atomic mass is 9.97. The minimum atomic E-state index is 0.0444. The predicted octanol–water partition coefficient (Wildman–Crippen LogP) is 2.13. The Morgan fingerprint density at radius 3 is 2.78 bits per heavy atom. The molecular weight excluding hydrogens is 250 g/mol. The Balaban J connectivity index is 1.97. The lowest BCUT2D eigenvalue weighted by molar-refractivity contribution is 0.0721. The van der Waals surface area contributed by atoms with Gasteiger partial charge in [0.1, 0.15) is 5.69 Å². The lowest BCUT2D eigenvalue weighted by Crippen LogP contribution is -2.39. The summed E-state index contributed by atoms with van der Waals surface area (Å²) in [7, 11) is 0. The van der Waals surface area contributed by atoms with E-state index in [9.17, 15) is 4.79 Å². The number of carbonyl (C=O) groups is 1. The molecule has 1 aliphatic rings. The molecule has 0 aromatic carbocycles. The van der Waals surface area contributed by atoms with Crippen molar-refractivity contribution in [2.24, 2.45) is 5.92 Å². The van der Waals surface area contributed by atoms with Gasteiger partial charge in [0, 0.05) is 19.3 Å². The van der Waals surface area contributed by atoms with Crippen LogP contribution in [0.1, 0.15) is 30.3 Å². The molecule has 1 fully saturated rings. The number of aromatic amines is 1. The normalized spacial score (nSPS) is 16.8. The van der Waals surface area contributed by atoms with Crippen LogP contribution in [0, 0.1) is 5.92 Å². The van der Waals surface area contributed by atoms with E-state index in [1.807, 2.05) is 11.8 Å². The smallest absolute Gasteiger partial charge is 0.270 e. The highest BCUT2D eigenvalue weighted by Gasteiger charge is 2.21. The molecule has 1 aliphatic heterocycles. The molecule has 0 aliphatic carbocycles. The molecule has 0 saturated carbocycles. The highest BCUT2D eigenvalue weighted by Crippen LogP contribution is 2.16. The minimum Gasteiger partial charge on any atom is -0.356 e. The van der Waals surface area contributed by atoms with Gasteiger partial charge in [0.2, 0.25) is 0 Å². The Bertz CT molecular complexity index is 399. The van der Waals surface area contributed by atoms with Crippen molar-refractivity contribution in [1.29, 1.82) is 0 Å². The first-order chi connectivity index (χ1) is 8.70. The van der Waals surface area contributed by atoms with Crippen LogP contribution in [-0.2, 0) is 0 Å². The fourth-order valence-electron chi connectivity index (χ4n) is 2.39. The lowest BCUT2D eigenvalue weighted by Gasteiger charge is -2.29. The van der Waals surface area contributed by atoms with Crippen LogP contribution in [0.3, 0.4) is 0 Å². The fourth-order valence-corrected chi connectivity index (χ4v) is 2.56.